The molecule has 2 rings (SSSR count). The normalized spacial score (nSPS) is 11.1. The van der Waals surface area contributed by atoms with Crippen molar-refractivity contribution in [2.75, 3.05) is 4.72 Å². The van der Waals surface area contributed by atoms with E-state index in [1.54, 1.807) is 19.1 Å². The van der Waals surface area contributed by atoms with Gasteiger partial charge in [0.05, 0.1) is 9.82 Å². The largest absolute Gasteiger partial charge is 0.289 e. The zero-order chi connectivity index (χ0) is 15.6. The topological polar surface area (TPSA) is 102 Å². The van der Waals surface area contributed by atoms with Crippen molar-refractivity contribution >= 4 is 33.1 Å². The van der Waals surface area contributed by atoms with E-state index in [0.29, 0.717) is 5.69 Å². The summed E-state index contributed by atoms with van der Waals surface area (Å²) in [5.74, 6) is 0.132. The first kappa shape index (κ1) is 15.2. The van der Waals surface area contributed by atoms with Gasteiger partial charge in [-0.1, -0.05) is 17.7 Å². The van der Waals surface area contributed by atoms with Crippen molar-refractivity contribution in [3.8, 4) is 0 Å². The molecule has 0 aliphatic rings. The summed E-state index contributed by atoms with van der Waals surface area (Å²) in [5, 5.41) is 10.7. The molecule has 0 aliphatic carbocycles. The van der Waals surface area contributed by atoms with Crippen molar-refractivity contribution in [1.82, 2.24) is 4.98 Å². The number of halogens is 1. The maximum atomic E-state index is 12.2. The van der Waals surface area contributed by atoms with E-state index < -0.39 is 20.6 Å². The van der Waals surface area contributed by atoms with Crippen LogP contribution in [0.15, 0.2) is 41.3 Å². The number of hydrogen-bond donors (Lipinski definition) is 1. The Morgan fingerprint density at radius 3 is 2.62 bits per heavy atom. The number of nitro groups is 1. The van der Waals surface area contributed by atoms with Gasteiger partial charge in [-0.2, -0.15) is 0 Å². The number of hydrogen-bond acceptors (Lipinski definition) is 5. The average Bonchev–Trinajstić information content (AvgIpc) is 2.38. The number of nitro benzene ring substituents is 1. The van der Waals surface area contributed by atoms with Crippen LogP contribution in [0.25, 0.3) is 0 Å². The van der Waals surface area contributed by atoms with E-state index in [4.69, 9.17) is 11.6 Å². The number of aryl methyl sites for hydroxylation is 1. The second-order valence-electron chi connectivity index (χ2n) is 4.14. The highest BCUT2D eigenvalue weighted by molar-refractivity contribution is 7.92. The van der Waals surface area contributed by atoms with Gasteiger partial charge >= 0.3 is 0 Å². The molecule has 9 heteroatoms. The van der Waals surface area contributed by atoms with Gasteiger partial charge in [0, 0.05) is 11.8 Å². The molecule has 110 valence electrons. The van der Waals surface area contributed by atoms with Crippen molar-refractivity contribution < 1.29 is 13.3 Å². The van der Waals surface area contributed by atoms with Crippen molar-refractivity contribution in [3.63, 3.8) is 0 Å². The average molecular weight is 328 g/mol. The predicted octanol–water partition coefficient (Wildman–Crippen LogP) is 2.75. The summed E-state index contributed by atoms with van der Waals surface area (Å²) in [4.78, 5) is 13.8. The van der Waals surface area contributed by atoms with Crippen LogP contribution in [0.1, 0.15) is 5.69 Å². The molecule has 0 unspecified atom stereocenters. The third kappa shape index (κ3) is 3.47. The van der Waals surface area contributed by atoms with Crippen LogP contribution in [0.2, 0.25) is 5.02 Å². The molecule has 0 radical (unpaired) electrons. The van der Waals surface area contributed by atoms with E-state index in [1.807, 2.05) is 0 Å². The fourth-order valence-electron chi connectivity index (χ4n) is 1.60. The third-order valence-electron chi connectivity index (χ3n) is 2.55. The summed E-state index contributed by atoms with van der Waals surface area (Å²) < 4.78 is 26.6. The first-order valence-electron chi connectivity index (χ1n) is 5.70. The molecule has 1 heterocycles. The van der Waals surface area contributed by atoms with Crippen LogP contribution in [-0.2, 0) is 10.0 Å². The number of rotatable bonds is 4. The fourth-order valence-corrected chi connectivity index (χ4v) is 2.80. The predicted molar refractivity (Wildman–Crippen MR) is 77.9 cm³/mol. The molecule has 0 bridgehead atoms. The molecule has 2 aromatic rings. The summed E-state index contributed by atoms with van der Waals surface area (Å²) in [6, 6.07) is 8.09. The first-order chi connectivity index (χ1) is 9.79. The van der Waals surface area contributed by atoms with E-state index >= 15 is 0 Å². The molecule has 7 nitrogen and oxygen atoms in total. The Morgan fingerprint density at radius 2 is 2.00 bits per heavy atom. The maximum absolute atomic E-state index is 12.2. The van der Waals surface area contributed by atoms with Gasteiger partial charge in [0.1, 0.15) is 10.8 Å². The van der Waals surface area contributed by atoms with Crippen LogP contribution in [0.5, 0.6) is 0 Å². The standard InChI is InChI=1S/C12H10ClN3O4S/c1-8-3-2-4-12(14-8)15-21(19,20)9-5-6-10(13)11(7-9)16(17)18/h2-7H,1H3,(H,14,15). The highest BCUT2D eigenvalue weighted by atomic mass is 35.5. The Hall–Kier alpha value is -2.19. The first-order valence-corrected chi connectivity index (χ1v) is 7.56. The number of nitrogens with one attached hydrogen (secondary N) is 1. The van der Waals surface area contributed by atoms with Crippen molar-refractivity contribution in [2.24, 2.45) is 0 Å². The zero-order valence-corrected chi connectivity index (χ0v) is 12.4. The Bertz CT molecular complexity index is 808. The van der Waals surface area contributed by atoms with Crippen molar-refractivity contribution in [1.29, 1.82) is 0 Å². The summed E-state index contributed by atoms with van der Waals surface area (Å²) in [7, 11) is -3.98. The minimum atomic E-state index is -3.98. The molecule has 0 amide bonds. The van der Waals surface area contributed by atoms with Crippen LogP contribution in [0.4, 0.5) is 11.5 Å². The van der Waals surface area contributed by atoms with Gasteiger partial charge in [0.15, 0.2) is 0 Å². The summed E-state index contributed by atoms with van der Waals surface area (Å²) in [6.07, 6.45) is 0. The van der Waals surface area contributed by atoms with E-state index in [2.05, 4.69) is 9.71 Å². The molecule has 0 saturated carbocycles. The van der Waals surface area contributed by atoms with Crippen molar-refractivity contribution in [3.05, 3.63) is 57.2 Å². The quantitative estimate of drug-likeness (QED) is 0.687. The minimum Gasteiger partial charge on any atom is -0.263 e. The van der Waals surface area contributed by atoms with Gasteiger partial charge < -0.3 is 0 Å². The highest BCUT2D eigenvalue weighted by Gasteiger charge is 2.21. The Balaban J connectivity index is 2.40. The van der Waals surface area contributed by atoms with E-state index in [-0.39, 0.29) is 15.7 Å². The second kappa shape index (κ2) is 5.66. The molecule has 0 fully saturated rings. The van der Waals surface area contributed by atoms with Gasteiger partial charge in [-0.3, -0.25) is 14.8 Å². The van der Waals surface area contributed by atoms with E-state index in [0.717, 1.165) is 12.1 Å². The van der Waals surface area contributed by atoms with Gasteiger partial charge in [0.25, 0.3) is 15.7 Å². The fraction of sp³-hybridized carbons (Fsp3) is 0.0833. The summed E-state index contributed by atoms with van der Waals surface area (Å²) in [6.45, 7) is 1.71. The van der Waals surface area contributed by atoms with E-state index in [1.165, 1.54) is 12.1 Å². The van der Waals surface area contributed by atoms with Crippen LogP contribution in [0, 0.1) is 17.0 Å². The Kier molecular flexibility index (Phi) is 4.10. The molecule has 21 heavy (non-hydrogen) atoms. The molecule has 0 spiro atoms. The molecule has 1 aromatic carbocycles. The molecule has 1 N–H and O–H groups in total. The highest BCUT2D eigenvalue weighted by Crippen LogP contribution is 2.27. The zero-order valence-electron chi connectivity index (χ0n) is 10.8. The van der Waals surface area contributed by atoms with Crippen LogP contribution < -0.4 is 4.72 Å². The molecular formula is C12H10ClN3O4S. The molecule has 1 aromatic heterocycles. The van der Waals surface area contributed by atoms with Gasteiger partial charge in [-0.05, 0) is 31.2 Å². The Morgan fingerprint density at radius 1 is 1.29 bits per heavy atom. The number of nitrogens with zero attached hydrogens (tertiary/aromatic N) is 2. The second-order valence-corrected chi connectivity index (χ2v) is 6.23. The van der Waals surface area contributed by atoms with Crippen LogP contribution in [-0.4, -0.2) is 18.3 Å². The van der Waals surface area contributed by atoms with Crippen molar-refractivity contribution in [2.45, 2.75) is 11.8 Å². The SMILES string of the molecule is Cc1cccc(NS(=O)(=O)c2ccc(Cl)c([N+](=O)[O-])c2)n1. The Labute approximate surface area is 125 Å². The van der Waals surface area contributed by atoms with Gasteiger partial charge in [0.2, 0.25) is 0 Å². The van der Waals surface area contributed by atoms with Crippen LogP contribution >= 0.6 is 11.6 Å². The summed E-state index contributed by atoms with van der Waals surface area (Å²) in [5.41, 5.74) is 0.161. The van der Waals surface area contributed by atoms with E-state index in [9.17, 15) is 18.5 Å². The van der Waals surface area contributed by atoms with Gasteiger partial charge in [-0.15, -0.1) is 0 Å². The lowest BCUT2D eigenvalue weighted by Gasteiger charge is -2.08. The van der Waals surface area contributed by atoms with Gasteiger partial charge in [-0.25, -0.2) is 13.4 Å². The number of sulfonamides is 1. The lowest BCUT2D eigenvalue weighted by molar-refractivity contribution is -0.384. The number of anilines is 1. The molecule has 0 atom stereocenters. The third-order valence-corrected chi connectivity index (χ3v) is 4.22. The van der Waals surface area contributed by atoms with Crippen LogP contribution in [0.3, 0.4) is 0 Å². The smallest absolute Gasteiger partial charge is 0.263 e. The lowest BCUT2D eigenvalue weighted by Crippen LogP contribution is -2.14. The number of aromatic nitrogens is 1. The molecular weight excluding hydrogens is 318 g/mol. The minimum absolute atomic E-state index is 0.132. The summed E-state index contributed by atoms with van der Waals surface area (Å²) >= 11 is 5.65. The lowest BCUT2D eigenvalue weighted by atomic mass is 10.3. The monoisotopic (exact) mass is 327 g/mol. The molecule has 0 aliphatic heterocycles. The number of pyridine rings is 1. The maximum Gasteiger partial charge on any atom is 0.289 e. The number of benzene rings is 1. The molecule has 0 saturated heterocycles.